The summed E-state index contributed by atoms with van der Waals surface area (Å²) in [4.78, 5) is 12.6. The van der Waals surface area contributed by atoms with E-state index in [2.05, 4.69) is 5.32 Å². The molecule has 0 atom stereocenters. The van der Waals surface area contributed by atoms with Gasteiger partial charge in [0.2, 0.25) is 10.0 Å². The maximum absolute atomic E-state index is 12.5. The van der Waals surface area contributed by atoms with Crippen molar-refractivity contribution in [2.75, 3.05) is 14.1 Å². The third-order valence-corrected chi connectivity index (χ3v) is 6.54. The van der Waals surface area contributed by atoms with Crippen LogP contribution in [0.2, 0.25) is 0 Å². The summed E-state index contributed by atoms with van der Waals surface area (Å²) in [5, 5.41) is 2.83. The smallest absolute Gasteiger partial charge is 0.251 e. The van der Waals surface area contributed by atoms with Crippen molar-refractivity contribution in [3.05, 3.63) is 101 Å². The minimum absolute atomic E-state index is 0.0880. The highest BCUT2D eigenvalue weighted by molar-refractivity contribution is 7.89. The van der Waals surface area contributed by atoms with Gasteiger partial charge in [-0.1, -0.05) is 60.7 Å². The zero-order valence-electron chi connectivity index (χ0n) is 17.6. The fourth-order valence-electron chi connectivity index (χ4n) is 2.91. The van der Waals surface area contributed by atoms with Gasteiger partial charge in [0.25, 0.3) is 5.91 Å². The molecule has 0 aromatic heterocycles. The number of nitrogens with zero attached hydrogens (tertiary/aromatic N) is 1. The molecule has 0 heterocycles. The summed E-state index contributed by atoms with van der Waals surface area (Å²) >= 11 is 0. The second-order valence-corrected chi connectivity index (χ2v) is 9.44. The van der Waals surface area contributed by atoms with Crippen LogP contribution in [0.15, 0.2) is 83.8 Å². The van der Waals surface area contributed by atoms with E-state index in [-0.39, 0.29) is 10.8 Å². The normalized spacial score (nSPS) is 11.5. The summed E-state index contributed by atoms with van der Waals surface area (Å²) in [6.07, 6.45) is 0. The molecule has 3 rings (SSSR count). The number of carbonyl (C=O) groups is 1. The molecule has 1 amide bonds. The minimum Gasteiger partial charge on any atom is -0.372 e. The van der Waals surface area contributed by atoms with E-state index in [1.807, 2.05) is 54.6 Å². The van der Waals surface area contributed by atoms with Crippen molar-refractivity contribution in [3.63, 3.8) is 0 Å². The van der Waals surface area contributed by atoms with E-state index in [1.165, 1.54) is 26.2 Å². The highest BCUT2D eigenvalue weighted by Gasteiger charge is 2.18. The fraction of sp³-hybridized carbons (Fsp3) is 0.208. The van der Waals surface area contributed by atoms with Gasteiger partial charge in [0.05, 0.1) is 18.1 Å². The number of carbonyl (C=O) groups excluding carboxylic acids is 1. The standard InChI is InChI=1S/C24H26N2O4S/c1-26(2)31(28,29)23-10-6-9-22(15-23)24(27)25-16-19-11-13-21(14-12-19)18-30-17-20-7-4-3-5-8-20/h3-15H,16-18H2,1-2H3,(H,25,27). The average molecular weight is 439 g/mol. The third kappa shape index (κ3) is 6.24. The van der Waals surface area contributed by atoms with Crippen molar-refractivity contribution in [2.45, 2.75) is 24.7 Å². The molecular formula is C24H26N2O4S. The van der Waals surface area contributed by atoms with Crippen molar-refractivity contribution in [1.29, 1.82) is 0 Å². The van der Waals surface area contributed by atoms with Crippen molar-refractivity contribution in [2.24, 2.45) is 0 Å². The number of benzene rings is 3. The SMILES string of the molecule is CN(C)S(=O)(=O)c1cccc(C(=O)NCc2ccc(COCc3ccccc3)cc2)c1. The van der Waals surface area contributed by atoms with Gasteiger partial charge in [0.15, 0.2) is 0 Å². The summed E-state index contributed by atoms with van der Waals surface area (Å²) in [6.45, 7) is 1.41. The van der Waals surface area contributed by atoms with Crippen LogP contribution in [0.4, 0.5) is 0 Å². The molecule has 6 nitrogen and oxygen atoms in total. The molecule has 0 bridgehead atoms. The number of sulfonamides is 1. The van der Waals surface area contributed by atoms with Gasteiger partial charge < -0.3 is 10.1 Å². The molecule has 31 heavy (non-hydrogen) atoms. The second-order valence-electron chi connectivity index (χ2n) is 7.29. The van der Waals surface area contributed by atoms with Gasteiger partial charge in [0, 0.05) is 26.2 Å². The monoisotopic (exact) mass is 438 g/mol. The molecule has 7 heteroatoms. The van der Waals surface area contributed by atoms with Gasteiger partial charge in [-0.15, -0.1) is 0 Å². The van der Waals surface area contributed by atoms with E-state index < -0.39 is 10.0 Å². The first-order valence-electron chi connectivity index (χ1n) is 9.86. The Morgan fingerprint density at radius 1 is 0.839 bits per heavy atom. The number of hydrogen-bond donors (Lipinski definition) is 1. The summed E-state index contributed by atoms with van der Waals surface area (Å²) in [5.74, 6) is -0.328. The van der Waals surface area contributed by atoms with Crippen LogP contribution in [-0.2, 0) is 34.5 Å². The van der Waals surface area contributed by atoms with Crippen molar-refractivity contribution >= 4 is 15.9 Å². The lowest BCUT2D eigenvalue weighted by Crippen LogP contribution is -2.25. The van der Waals surface area contributed by atoms with Crippen LogP contribution >= 0.6 is 0 Å². The molecule has 1 N–H and O–H groups in total. The summed E-state index contributed by atoms with van der Waals surface area (Å²) < 4.78 is 31.4. The highest BCUT2D eigenvalue weighted by Crippen LogP contribution is 2.15. The lowest BCUT2D eigenvalue weighted by Gasteiger charge is -2.12. The third-order valence-electron chi connectivity index (χ3n) is 4.73. The molecule has 0 saturated carbocycles. The Morgan fingerprint density at radius 3 is 2.10 bits per heavy atom. The van der Waals surface area contributed by atoms with Crippen molar-refractivity contribution < 1.29 is 17.9 Å². The van der Waals surface area contributed by atoms with E-state index in [0.717, 1.165) is 21.0 Å². The van der Waals surface area contributed by atoms with Crippen LogP contribution in [0.5, 0.6) is 0 Å². The Hall–Kier alpha value is -3.00. The van der Waals surface area contributed by atoms with Crippen LogP contribution in [0.25, 0.3) is 0 Å². The summed E-state index contributed by atoms with van der Waals surface area (Å²) in [6, 6.07) is 23.8. The molecule has 0 aliphatic carbocycles. The van der Waals surface area contributed by atoms with Crippen molar-refractivity contribution in [3.8, 4) is 0 Å². The Morgan fingerprint density at radius 2 is 1.45 bits per heavy atom. The van der Waals surface area contributed by atoms with E-state index in [4.69, 9.17) is 4.74 Å². The van der Waals surface area contributed by atoms with Gasteiger partial charge in [-0.25, -0.2) is 12.7 Å². The number of nitrogens with one attached hydrogen (secondary N) is 1. The maximum atomic E-state index is 12.5. The minimum atomic E-state index is -3.59. The quantitative estimate of drug-likeness (QED) is 0.554. The van der Waals surface area contributed by atoms with E-state index in [1.54, 1.807) is 12.1 Å². The first-order valence-corrected chi connectivity index (χ1v) is 11.3. The first-order chi connectivity index (χ1) is 14.9. The van der Waals surface area contributed by atoms with E-state index in [0.29, 0.717) is 25.3 Å². The zero-order valence-corrected chi connectivity index (χ0v) is 18.4. The molecule has 0 fully saturated rings. The molecule has 0 aliphatic heterocycles. The fourth-order valence-corrected chi connectivity index (χ4v) is 3.86. The van der Waals surface area contributed by atoms with Crippen LogP contribution < -0.4 is 5.32 Å². The largest absolute Gasteiger partial charge is 0.372 e. The molecular weight excluding hydrogens is 412 g/mol. The van der Waals surface area contributed by atoms with Gasteiger partial charge >= 0.3 is 0 Å². The number of rotatable bonds is 9. The molecule has 0 spiro atoms. The van der Waals surface area contributed by atoms with Gasteiger partial charge in [0.1, 0.15) is 0 Å². The van der Waals surface area contributed by atoms with Gasteiger partial charge in [-0.2, -0.15) is 0 Å². The Bertz CT molecular complexity index is 1110. The molecule has 3 aromatic rings. The van der Waals surface area contributed by atoms with Crippen LogP contribution in [-0.4, -0.2) is 32.7 Å². The average Bonchev–Trinajstić information content (AvgIpc) is 2.79. The zero-order chi connectivity index (χ0) is 22.3. The van der Waals surface area contributed by atoms with Crippen molar-refractivity contribution in [1.82, 2.24) is 9.62 Å². The highest BCUT2D eigenvalue weighted by atomic mass is 32.2. The number of amides is 1. The summed E-state index contributed by atoms with van der Waals surface area (Å²) in [5.41, 5.74) is 3.42. The lowest BCUT2D eigenvalue weighted by atomic mass is 10.1. The molecule has 162 valence electrons. The molecule has 0 aliphatic rings. The van der Waals surface area contributed by atoms with Crippen LogP contribution in [0.3, 0.4) is 0 Å². The number of ether oxygens (including phenoxy) is 1. The van der Waals surface area contributed by atoms with E-state index in [9.17, 15) is 13.2 Å². The van der Waals surface area contributed by atoms with Crippen LogP contribution in [0.1, 0.15) is 27.0 Å². The number of hydrogen-bond acceptors (Lipinski definition) is 4. The molecule has 0 radical (unpaired) electrons. The predicted octanol–water partition coefficient (Wildman–Crippen LogP) is 3.58. The van der Waals surface area contributed by atoms with E-state index >= 15 is 0 Å². The Balaban J connectivity index is 1.52. The topological polar surface area (TPSA) is 75.7 Å². The first kappa shape index (κ1) is 22.7. The molecule has 0 unspecified atom stereocenters. The van der Waals surface area contributed by atoms with Gasteiger partial charge in [-0.3, -0.25) is 4.79 Å². The van der Waals surface area contributed by atoms with Gasteiger partial charge in [-0.05, 0) is 34.9 Å². The summed E-state index contributed by atoms with van der Waals surface area (Å²) in [7, 11) is -0.675. The Labute approximate surface area is 183 Å². The molecule has 3 aromatic carbocycles. The lowest BCUT2D eigenvalue weighted by molar-refractivity contribution is 0.0950. The van der Waals surface area contributed by atoms with Crippen LogP contribution in [0, 0.1) is 0 Å². The second kappa shape index (κ2) is 10.3. The molecule has 0 saturated heterocycles. The maximum Gasteiger partial charge on any atom is 0.251 e. The Kier molecular flexibility index (Phi) is 7.57. The predicted molar refractivity (Wildman–Crippen MR) is 120 cm³/mol.